The Labute approximate surface area is 187 Å². The van der Waals surface area contributed by atoms with Crippen LogP contribution in [0.15, 0.2) is 82.5 Å². The van der Waals surface area contributed by atoms with Crippen LogP contribution in [0.3, 0.4) is 0 Å². The first-order valence-electron chi connectivity index (χ1n) is 9.50. The molecule has 0 atom stereocenters. The van der Waals surface area contributed by atoms with Gasteiger partial charge in [0.05, 0.1) is 20.9 Å². The Morgan fingerprint density at radius 2 is 1.70 bits per heavy atom. The van der Waals surface area contributed by atoms with Gasteiger partial charge in [0.25, 0.3) is 21.3 Å². The van der Waals surface area contributed by atoms with Crippen molar-refractivity contribution in [2.24, 2.45) is 0 Å². The van der Waals surface area contributed by atoms with Crippen molar-refractivity contribution in [1.29, 1.82) is 0 Å². The average Bonchev–Trinajstić information content (AvgIpc) is 2.80. The molecule has 0 aliphatic carbocycles. The molecule has 0 radical (unpaired) electrons. The number of nitrogens with zero attached hydrogens (tertiary/aromatic N) is 2. The van der Waals surface area contributed by atoms with Crippen molar-refractivity contribution in [3.63, 3.8) is 0 Å². The molecule has 0 bridgehead atoms. The monoisotopic (exact) mass is 464 g/mol. The standard InChI is InChI=1S/C22H16N4O6S/c27-21(13-20-22(28)24-19-4-2-1-3-18(19)23-20)14-5-7-15(8-6-14)25-33(31,32)17-11-9-16(10-12-17)26(29)30/h1-13,25,27H,(H,24,28)/b21-13-. The predicted molar refractivity (Wildman–Crippen MR) is 123 cm³/mol. The van der Waals surface area contributed by atoms with Crippen molar-refractivity contribution in [1.82, 2.24) is 9.97 Å². The molecule has 10 nitrogen and oxygen atoms in total. The van der Waals surface area contributed by atoms with Crippen molar-refractivity contribution in [2.45, 2.75) is 4.90 Å². The number of aromatic nitrogens is 2. The number of nitro benzene ring substituents is 1. The first kappa shape index (κ1) is 21.7. The Morgan fingerprint density at radius 3 is 2.36 bits per heavy atom. The molecule has 0 unspecified atom stereocenters. The normalized spacial score (nSPS) is 11.9. The Bertz CT molecular complexity index is 1540. The van der Waals surface area contributed by atoms with Crippen molar-refractivity contribution >= 4 is 44.3 Å². The lowest BCUT2D eigenvalue weighted by molar-refractivity contribution is -0.384. The third-order valence-corrected chi connectivity index (χ3v) is 6.09. The highest BCUT2D eigenvalue weighted by molar-refractivity contribution is 7.92. The van der Waals surface area contributed by atoms with Gasteiger partial charge in [-0.1, -0.05) is 12.1 Å². The van der Waals surface area contributed by atoms with Gasteiger partial charge in [0.2, 0.25) is 0 Å². The van der Waals surface area contributed by atoms with E-state index in [0.29, 0.717) is 16.6 Å². The van der Waals surface area contributed by atoms with Crippen LogP contribution in [0.25, 0.3) is 22.9 Å². The first-order valence-corrected chi connectivity index (χ1v) is 11.0. The number of para-hydroxylation sites is 2. The molecule has 3 N–H and O–H groups in total. The highest BCUT2D eigenvalue weighted by Gasteiger charge is 2.16. The lowest BCUT2D eigenvalue weighted by Crippen LogP contribution is -2.13. The summed E-state index contributed by atoms with van der Waals surface area (Å²) in [5, 5.41) is 21.1. The average molecular weight is 464 g/mol. The van der Waals surface area contributed by atoms with Crippen molar-refractivity contribution in [3.05, 3.63) is 105 Å². The summed E-state index contributed by atoms with van der Waals surface area (Å²) in [7, 11) is -3.97. The van der Waals surface area contributed by atoms with Gasteiger partial charge in [-0.3, -0.25) is 19.6 Å². The topological polar surface area (TPSA) is 155 Å². The van der Waals surface area contributed by atoms with Gasteiger partial charge < -0.3 is 10.1 Å². The van der Waals surface area contributed by atoms with Gasteiger partial charge in [-0.2, -0.15) is 0 Å². The van der Waals surface area contributed by atoms with Crippen LogP contribution in [0.4, 0.5) is 11.4 Å². The van der Waals surface area contributed by atoms with Gasteiger partial charge in [0.15, 0.2) is 0 Å². The van der Waals surface area contributed by atoms with E-state index in [1.54, 1.807) is 24.3 Å². The molecule has 0 aliphatic heterocycles. The number of H-pyrrole nitrogens is 1. The van der Waals surface area contributed by atoms with Gasteiger partial charge in [0, 0.05) is 29.5 Å². The number of non-ortho nitro benzene ring substituents is 1. The zero-order valence-electron chi connectivity index (χ0n) is 16.8. The molecule has 11 heteroatoms. The van der Waals surface area contributed by atoms with Crippen molar-refractivity contribution in [2.75, 3.05) is 4.72 Å². The van der Waals surface area contributed by atoms with Crippen LogP contribution in [0.2, 0.25) is 0 Å². The van der Waals surface area contributed by atoms with E-state index >= 15 is 0 Å². The third-order valence-electron chi connectivity index (χ3n) is 4.69. The Morgan fingerprint density at radius 1 is 1.03 bits per heavy atom. The van der Waals surface area contributed by atoms with E-state index in [4.69, 9.17) is 0 Å². The molecule has 0 saturated carbocycles. The summed E-state index contributed by atoms with van der Waals surface area (Å²) < 4.78 is 27.4. The van der Waals surface area contributed by atoms with E-state index in [1.807, 2.05) is 0 Å². The quantitative estimate of drug-likeness (QED) is 0.223. The molecule has 166 valence electrons. The van der Waals surface area contributed by atoms with Gasteiger partial charge in [-0.25, -0.2) is 13.4 Å². The number of aliphatic hydroxyl groups is 1. The van der Waals surface area contributed by atoms with Gasteiger partial charge in [0.1, 0.15) is 11.5 Å². The molecule has 0 amide bonds. The van der Waals surface area contributed by atoms with Crippen LogP contribution in [0.1, 0.15) is 11.3 Å². The summed E-state index contributed by atoms with van der Waals surface area (Å²) in [6.45, 7) is 0. The van der Waals surface area contributed by atoms with Crippen LogP contribution < -0.4 is 10.3 Å². The maximum absolute atomic E-state index is 12.5. The molecule has 0 saturated heterocycles. The third kappa shape index (κ3) is 4.72. The second-order valence-electron chi connectivity index (χ2n) is 6.93. The van der Waals surface area contributed by atoms with Crippen molar-refractivity contribution in [3.8, 4) is 0 Å². The predicted octanol–water partition coefficient (Wildman–Crippen LogP) is 3.69. The number of fused-ring (bicyclic) bond motifs is 1. The number of nitro groups is 1. The number of nitrogens with one attached hydrogen (secondary N) is 2. The second kappa shape index (κ2) is 8.55. The van der Waals surface area contributed by atoms with Gasteiger partial charge in [-0.15, -0.1) is 0 Å². The molecule has 0 spiro atoms. The Hall–Kier alpha value is -4.51. The van der Waals surface area contributed by atoms with Crippen LogP contribution in [0, 0.1) is 10.1 Å². The van der Waals surface area contributed by atoms with Gasteiger partial charge in [-0.05, 0) is 48.5 Å². The lowest BCUT2D eigenvalue weighted by atomic mass is 10.1. The fraction of sp³-hybridized carbons (Fsp3) is 0. The molecule has 0 aliphatic rings. The highest BCUT2D eigenvalue weighted by Crippen LogP contribution is 2.21. The Kier molecular flexibility index (Phi) is 5.63. The first-order chi connectivity index (χ1) is 15.7. The fourth-order valence-electron chi connectivity index (χ4n) is 3.02. The zero-order valence-corrected chi connectivity index (χ0v) is 17.6. The van der Waals surface area contributed by atoms with Crippen LogP contribution in [-0.2, 0) is 10.0 Å². The highest BCUT2D eigenvalue weighted by atomic mass is 32.2. The summed E-state index contributed by atoms with van der Waals surface area (Å²) in [5.74, 6) is -0.229. The zero-order chi connectivity index (χ0) is 23.6. The molecule has 3 aromatic carbocycles. The molecule has 4 rings (SSSR count). The van der Waals surface area contributed by atoms with E-state index in [-0.39, 0.29) is 27.7 Å². The number of hydrogen-bond donors (Lipinski definition) is 3. The molecule has 1 heterocycles. The second-order valence-corrected chi connectivity index (χ2v) is 8.61. The Balaban J connectivity index is 1.55. The summed E-state index contributed by atoms with van der Waals surface area (Å²) in [4.78, 5) is 29.1. The van der Waals surface area contributed by atoms with Crippen molar-refractivity contribution < 1.29 is 18.4 Å². The molecule has 4 aromatic rings. The van der Waals surface area contributed by atoms with Gasteiger partial charge >= 0.3 is 0 Å². The summed E-state index contributed by atoms with van der Waals surface area (Å²) in [5.41, 5.74) is 1.02. The van der Waals surface area contributed by atoms with Crippen LogP contribution in [-0.4, -0.2) is 28.4 Å². The van der Waals surface area contributed by atoms with E-state index in [1.165, 1.54) is 30.3 Å². The molecule has 0 fully saturated rings. The maximum atomic E-state index is 12.5. The number of benzene rings is 3. The number of aliphatic hydroxyl groups excluding tert-OH is 1. The summed E-state index contributed by atoms with van der Waals surface area (Å²) in [6.07, 6.45) is 1.22. The minimum atomic E-state index is -3.97. The minimum absolute atomic E-state index is 0.0224. The minimum Gasteiger partial charge on any atom is -0.507 e. The number of rotatable bonds is 6. The maximum Gasteiger partial charge on any atom is 0.274 e. The smallest absolute Gasteiger partial charge is 0.274 e. The van der Waals surface area contributed by atoms with Crippen LogP contribution in [0.5, 0.6) is 0 Å². The lowest BCUT2D eigenvalue weighted by Gasteiger charge is -2.09. The molecular formula is C22H16N4O6S. The molecule has 33 heavy (non-hydrogen) atoms. The fourth-order valence-corrected chi connectivity index (χ4v) is 4.08. The number of sulfonamides is 1. The van der Waals surface area contributed by atoms with E-state index in [0.717, 1.165) is 24.3 Å². The SMILES string of the molecule is O=c1[nH]c2ccccc2nc1/C=C(\O)c1ccc(NS(=O)(=O)c2ccc([N+](=O)[O-])cc2)cc1. The summed E-state index contributed by atoms with van der Waals surface area (Å²) >= 11 is 0. The molecule has 1 aromatic heterocycles. The number of aromatic amines is 1. The van der Waals surface area contributed by atoms with Crippen LogP contribution >= 0.6 is 0 Å². The number of hydrogen-bond acceptors (Lipinski definition) is 7. The van der Waals surface area contributed by atoms with E-state index in [9.17, 15) is 28.4 Å². The largest absolute Gasteiger partial charge is 0.507 e. The van der Waals surface area contributed by atoms with E-state index < -0.39 is 20.5 Å². The van der Waals surface area contributed by atoms with E-state index in [2.05, 4.69) is 14.7 Å². The molecular weight excluding hydrogens is 448 g/mol. The summed E-state index contributed by atoms with van der Waals surface area (Å²) in [6, 6.07) is 17.3. The number of anilines is 1.